The lowest BCUT2D eigenvalue weighted by molar-refractivity contribution is -0.143. The number of likely N-dealkylation sites (tertiary alicyclic amines) is 1. The van der Waals surface area contributed by atoms with E-state index in [4.69, 9.17) is 9.88 Å². The van der Waals surface area contributed by atoms with Crippen LogP contribution in [0.25, 0.3) is 0 Å². The van der Waals surface area contributed by atoms with E-state index in [0.29, 0.717) is 23.9 Å². The van der Waals surface area contributed by atoms with Crippen molar-refractivity contribution >= 4 is 43.7 Å². The first-order valence-corrected chi connectivity index (χ1v) is 8.87. The fourth-order valence-corrected chi connectivity index (χ4v) is 2.98. The zero-order valence-corrected chi connectivity index (χ0v) is 14.2. The number of halogens is 1. The Morgan fingerprint density at radius 3 is 2.61 bits per heavy atom. The molecule has 1 heterocycles. The average Bonchev–Trinajstić information content (AvgIpc) is 2.90. The Labute approximate surface area is 140 Å². The normalized spacial score (nSPS) is 14.9. The van der Waals surface area contributed by atoms with E-state index < -0.39 is 28.5 Å². The van der Waals surface area contributed by atoms with Gasteiger partial charge in [-0.05, 0) is 40.5 Å². The Kier molecular flexibility index (Phi) is 5.17. The lowest BCUT2D eigenvalue weighted by Gasteiger charge is -2.13. The molecule has 8 nitrogen and oxygen atoms in total. The number of carbonyl (C=O) groups is 3. The second-order valence-electron chi connectivity index (χ2n) is 4.81. The van der Waals surface area contributed by atoms with E-state index in [1.807, 2.05) is 0 Å². The maximum Gasteiger partial charge on any atom is 0.339 e. The number of amides is 2. The van der Waals surface area contributed by atoms with Crippen molar-refractivity contribution in [2.75, 3.05) is 13.2 Å². The summed E-state index contributed by atoms with van der Waals surface area (Å²) in [6, 6.07) is 3.61. The molecule has 1 fully saturated rings. The molecule has 2 amide bonds. The summed E-state index contributed by atoms with van der Waals surface area (Å²) < 4.78 is 27.8. The summed E-state index contributed by atoms with van der Waals surface area (Å²) in [4.78, 5) is 36.0. The highest BCUT2D eigenvalue weighted by molar-refractivity contribution is 9.10. The molecule has 10 heteroatoms. The number of benzene rings is 1. The zero-order valence-electron chi connectivity index (χ0n) is 11.8. The molecule has 1 saturated heterocycles. The molecule has 0 aliphatic carbocycles. The minimum atomic E-state index is -3.98. The highest BCUT2D eigenvalue weighted by atomic mass is 79.9. The number of hydrogen-bond acceptors (Lipinski definition) is 6. The van der Waals surface area contributed by atoms with Crippen molar-refractivity contribution in [1.82, 2.24) is 4.90 Å². The topological polar surface area (TPSA) is 124 Å². The SMILES string of the molecule is NS(=O)(=O)c1ccc(Br)c(C(=O)OCC(=O)N2CCCC2=O)c1. The van der Waals surface area contributed by atoms with E-state index in [0.717, 1.165) is 11.0 Å². The second kappa shape index (κ2) is 6.77. The largest absolute Gasteiger partial charge is 0.452 e. The monoisotopic (exact) mass is 404 g/mol. The number of nitrogens with zero attached hydrogens (tertiary/aromatic N) is 1. The van der Waals surface area contributed by atoms with Gasteiger partial charge in [0.05, 0.1) is 10.5 Å². The van der Waals surface area contributed by atoms with Gasteiger partial charge in [-0.3, -0.25) is 14.5 Å². The number of imide groups is 1. The molecule has 124 valence electrons. The van der Waals surface area contributed by atoms with Gasteiger partial charge in [-0.2, -0.15) is 0 Å². The van der Waals surface area contributed by atoms with E-state index in [-0.39, 0.29) is 16.4 Å². The van der Waals surface area contributed by atoms with Crippen LogP contribution in [0.15, 0.2) is 27.6 Å². The van der Waals surface area contributed by atoms with Crippen molar-refractivity contribution < 1.29 is 27.5 Å². The van der Waals surface area contributed by atoms with Gasteiger partial charge in [0.2, 0.25) is 15.9 Å². The van der Waals surface area contributed by atoms with Crippen LogP contribution in [0.5, 0.6) is 0 Å². The third-order valence-corrected chi connectivity index (χ3v) is 4.79. The van der Waals surface area contributed by atoms with E-state index in [1.54, 1.807) is 0 Å². The minimum Gasteiger partial charge on any atom is -0.452 e. The maximum absolute atomic E-state index is 12.0. The van der Waals surface area contributed by atoms with Crippen LogP contribution in [0.4, 0.5) is 0 Å². The summed E-state index contributed by atoms with van der Waals surface area (Å²) >= 11 is 3.09. The summed E-state index contributed by atoms with van der Waals surface area (Å²) in [7, 11) is -3.98. The fraction of sp³-hybridized carbons (Fsp3) is 0.308. The molecule has 1 aliphatic heterocycles. The molecule has 0 atom stereocenters. The first-order valence-electron chi connectivity index (χ1n) is 6.53. The molecule has 1 aromatic rings. The predicted molar refractivity (Wildman–Crippen MR) is 81.8 cm³/mol. The first-order chi connectivity index (χ1) is 10.7. The molecule has 0 aromatic heterocycles. The van der Waals surface area contributed by atoms with Gasteiger partial charge in [0, 0.05) is 17.4 Å². The number of carbonyl (C=O) groups excluding carboxylic acids is 3. The van der Waals surface area contributed by atoms with Crippen molar-refractivity contribution in [2.45, 2.75) is 17.7 Å². The number of ether oxygens (including phenoxy) is 1. The van der Waals surface area contributed by atoms with Crippen LogP contribution in [-0.4, -0.2) is 44.3 Å². The van der Waals surface area contributed by atoms with Crippen molar-refractivity contribution in [1.29, 1.82) is 0 Å². The van der Waals surface area contributed by atoms with Gasteiger partial charge in [0.15, 0.2) is 6.61 Å². The average molecular weight is 405 g/mol. The van der Waals surface area contributed by atoms with Crippen molar-refractivity contribution in [2.24, 2.45) is 5.14 Å². The minimum absolute atomic E-state index is 0.0860. The first kappa shape index (κ1) is 17.6. The van der Waals surface area contributed by atoms with Gasteiger partial charge < -0.3 is 4.74 Å². The number of hydrogen-bond donors (Lipinski definition) is 1. The standard InChI is InChI=1S/C13H13BrN2O6S/c14-10-4-3-8(23(15,20)21)6-9(10)13(19)22-7-12(18)16-5-1-2-11(16)17/h3-4,6H,1-2,5,7H2,(H2,15,20,21). The Morgan fingerprint density at radius 1 is 1.35 bits per heavy atom. The number of sulfonamides is 1. The third-order valence-electron chi connectivity index (χ3n) is 3.19. The molecule has 0 saturated carbocycles. The van der Waals surface area contributed by atoms with Gasteiger partial charge in [-0.1, -0.05) is 0 Å². The molecule has 2 rings (SSSR count). The van der Waals surface area contributed by atoms with Crippen LogP contribution in [0.3, 0.4) is 0 Å². The van der Waals surface area contributed by atoms with Crippen LogP contribution < -0.4 is 5.14 Å². The van der Waals surface area contributed by atoms with Crippen LogP contribution in [0, 0.1) is 0 Å². The molecule has 0 spiro atoms. The highest BCUT2D eigenvalue weighted by Crippen LogP contribution is 2.21. The molecular formula is C13H13BrN2O6S. The molecular weight excluding hydrogens is 392 g/mol. The lowest BCUT2D eigenvalue weighted by atomic mass is 10.2. The Morgan fingerprint density at radius 2 is 2.04 bits per heavy atom. The molecule has 1 aliphatic rings. The molecule has 1 aromatic carbocycles. The number of esters is 1. The number of nitrogens with two attached hydrogens (primary N) is 1. The van der Waals surface area contributed by atoms with E-state index in [9.17, 15) is 22.8 Å². The molecule has 0 bridgehead atoms. The van der Waals surface area contributed by atoms with Gasteiger partial charge >= 0.3 is 5.97 Å². The summed E-state index contributed by atoms with van der Waals surface area (Å²) in [6.45, 7) is -0.295. The molecule has 0 radical (unpaired) electrons. The quantitative estimate of drug-likeness (QED) is 0.724. The summed E-state index contributed by atoms with van der Waals surface area (Å²) in [5, 5.41) is 5.00. The van der Waals surface area contributed by atoms with Gasteiger partial charge in [0.1, 0.15) is 0 Å². The highest BCUT2D eigenvalue weighted by Gasteiger charge is 2.27. The van der Waals surface area contributed by atoms with E-state index in [2.05, 4.69) is 15.9 Å². The van der Waals surface area contributed by atoms with Crippen molar-refractivity contribution in [3.8, 4) is 0 Å². The Balaban J connectivity index is 2.09. The van der Waals surface area contributed by atoms with Gasteiger partial charge in [-0.25, -0.2) is 18.4 Å². The van der Waals surface area contributed by atoms with Crippen LogP contribution in [0.2, 0.25) is 0 Å². The lowest BCUT2D eigenvalue weighted by Crippen LogP contribution is -2.35. The maximum atomic E-state index is 12.0. The molecule has 0 unspecified atom stereocenters. The number of rotatable bonds is 4. The summed E-state index contributed by atoms with van der Waals surface area (Å²) in [6.07, 6.45) is 0.877. The van der Waals surface area contributed by atoms with Gasteiger partial charge in [0.25, 0.3) is 5.91 Å². The third kappa shape index (κ3) is 4.15. The van der Waals surface area contributed by atoms with E-state index >= 15 is 0 Å². The van der Waals surface area contributed by atoms with Crippen LogP contribution >= 0.6 is 15.9 Å². The second-order valence-corrected chi connectivity index (χ2v) is 7.22. The molecule has 2 N–H and O–H groups in total. The smallest absolute Gasteiger partial charge is 0.339 e. The summed E-state index contributed by atoms with van der Waals surface area (Å²) in [5.41, 5.74) is -0.0860. The fourth-order valence-electron chi connectivity index (χ4n) is 2.03. The number of primary sulfonamides is 1. The van der Waals surface area contributed by atoms with Crippen LogP contribution in [-0.2, 0) is 24.3 Å². The summed E-state index contributed by atoms with van der Waals surface area (Å²) in [5.74, 6) is -1.81. The zero-order chi connectivity index (χ0) is 17.2. The molecule has 23 heavy (non-hydrogen) atoms. The van der Waals surface area contributed by atoms with Crippen LogP contribution in [0.1, 0.15) is 23.2 Å². The van der Waals surface area contributed by atoms with Gasteiger partial charge in [-0.15, -0.1) is 0 Å². The van der Waals surface area contributed by atoms with E-state index in [1.165, 1.54) is 12.1 Å². The Hall–Kier alpha value is -1.78. The van der Waals surface area contributed by atoms with Crippen molar-refractivity contribution in [3.63, 3.8) is 0 Å². The van der Waals surface area contributed by atoms with Crippen molar-refractivity contribution in [3.05, 3.63) is 28.2 Å². The predicted octanol–water partition coefficient (Wildman–Crippen LogP) is 0.402. The Bertz CT molecular complexity index is 777.